The maximum atomic E-state index is 12.6. The summed E-state index contributed by atoms with van der Waals surface area (Å²) in [6.07, 6.45) is 0. The maximum Gasteiger partial charge on any atom is 0.238 e. The Morgan fingerprint density at radius 1 is 1.41 bits per heavy atom. The van der Waals surface area contributed by atoms with Crippen LogP contribution in [-0.4, -0.2) is 24.6 Å². The second-order valence-corrected chi connectivity index (χ2v) is 4.04. The Bertz CT molecular complexity index is 365. The van der Waals surface area contributed by atoms with Gasteiger partial charge in [0.2, 0.25) is 5.91 Å². The van der Waals surface area contributed by atoms with Crippen LogP contribution < -0.4 is 15.8 Å². The smallest absolute Gasteiger partial charge is 0.238 e. The van der Waals surface area contributed by atoms with Crippen molar-refractivity contribution in [2.24, 2.45) is 5.73 Å². The minimum absolute atomic E-state index is 0.124. The molecule has 0 saturated heterocycles. The van der Waals surface area contributed by atoms with Crippen LogP contribution in [0.4, 0.5) is 4.39 Å². The summed E-state index contributed by atoms with van der Waals surface area (Å²) in [6, 6.07) is 5.17. The summed E-state index contributed by atoms with van der Waals surface area (Å²) in [5, 5.41) is 2.99. The lowest BCUT2D eigenvalue weighted by molar-refractivity contribution is -0.120. The zero-order chi connectivity index (χ0) is 12.8. The van der Waals surface area contributed by atoms with Gasteiger partial charge in [0.1, 0.15) is 24.2 Å². The van der Waals surface area contributed by atoms with Crippen molar-refractivity contribution in [3.05, 3.63) is 30.1 Å². The van der Waals surface area contributed by atoms with Crippen LogP contribution in [-0.2, 0) is 4.79 Å². The van der Waals surface area contributed by atoms with Crippen LogP contribution in [0.2, 0.25) is 0 Å². The second-order valence-electron chi connectivity index (χ2n) is 4.04. The van der Waals surface area contributed by atoms with Gasteiger partial charge in [-0.25, -0.2) is 4.39 Å². The largest absolute Gasteiger partial charge is 0.491 e. The third kappa shape index (κ3) is 4.82. The molecule has 1 rings (SSSR count). The lowest BCUT2D eigenvalue weighted by atomic mass is 10.2. The number of amides is 1. The van der Waals surface area contributed by atoms with Crippen molar-refractivity contribution >= 4 is 5.91 Å². The summed E-state index contributed by atoms with van der Waals surface area (Å²) in [7, 11) is 0. The van der Waals surface area contributed by atoms with Crippen molar-refractivity contribution in [3.63, 3.8) is 0 Å². The molecule has 0 aromatic heterocycles. The molecular formula is C12H17FN2O2. The number of nitrogens with two attached hydrogens (primary N) is 1. The molecule has 1 aromatic rings. The van der Waals surface area contributed by atoms with Gasteiger partial charge < -0.3 is 15.8 Å². The molecule has 1 amide bonds. The van der Waals surface area contributed by atoms with Gasteiger partial charge in [-0.1, -0.05) is 13.8 Å². The molecule has 94 valence electrons. The molecular weight excluding hydrogens is 223 g/mol. The van der Waals surface area contributed by atoms with Crippen LogP contribution >= 0.6 is 0 Å². The highest BCUT2D eigenvalue weighted by Crippen LogP contribution is 2.11. The van der Waals surface area contributed by atoms with Crippen LogP contribution in [0.1, 0.15) is 13.8 Å². The second kappa shape index (κ2) is 6.20. The van der Waals surface area contributed by atoms with Crippen LogP contribution in [0.3, 0.4) is 0 Å². The Balaban J connectivity index is 2.51. The van der Waals surface area contributed by atoms with E-state index in [0.717, 1.165) is 0 Å². The fourth-order valence-electron chi connectivity index (χ4n) is 1.33. The highest BCUT2D eigenvalue weighted by atomic mass is 19.1. The first-order valence-electron chi connectivity index (χ1n) is 5.42. The van der Waals surface area contributed by atoms with E-state index in [1.807, 2.05) is 13.8 Å². The molecule has 1 aromatic carbocycles. The van der Waals surface area contributed by atoms with Gasteiger partial charge in [-0.3, -0.25) is 4.79 Å². The fourth-order valence-corrected chi connectivity index (χ4v) is 1.33. The average molecular weight is 240 g/mol. The number of benzene rings is 1. The van der Waals surface area contributed by atoms with Gasteiger partial charge in [-0.2, -0.15) is 0 Å². The molecule has 3 N–H and O–H groups in total. The van der Waals surface area contributed by atoms with Gasteiger partial charge >= 0.3 is 0 Å². The molecule has 4 nitrogen and oxygen atoms in total. The van der Waals surface area contributed by atoms with E-state index in [1.165, 1.54) is 24.3 Å². The summed E-state index contributed by atoms with van der Waals surface area (Å²) in [6.45, 7) is 3.95. The Morgan fingerprint density at radius 3 is 2.47 bits per heavy atom. The van der Waals surface area contributed by atoms with E-state index in [-0.39, 0.29) is 18.5 Å². The predicted octanol–water partition coefficient (Wildman–Crippen LogP) is 1.06. The van der Waals surface area contributed by atoms with Crippen molar-refractivity contribution in [1.29, 1.82) is 0 Å². The van der Waals surface area contributed by atoms with Crippen molar-refractivity contribution in [1.82, 2.24) is 5.32 Å². The third-order valence-corrected chi connectivity index (χ3v) is 2.11. The molecule has 0 radical (unpaired) electrons. The van der Waals surface area contributed by atoms with Crippen molar-refractivity contribution in [2.75, 3.05) is 6.61 Å². The minimum atomic E-state index is -0.556. The van der Waals surface area contributed by atoms with Crippen molar-refractivity contribution in [3.8, 4) is 5.75 Å². The monoisotopic (exact) mass is 240 g/mol. The molecule has 5 heteroatoms. The van der Waals surface area contributed by atoms with E-state index in [9.17, 15) is 9.18 Å². The number of nitrogens with one attached hydrogen (secondary N) is 1. The van der Waals surface area contributed by atoms with Crippen LogP contribution in [0.25, 0.3) is 0 Å². The molecule has 1 unspecified atom stereocenters. The Hall–Kier alpha value is -1.62. The summed E-state index contributed by atoms with van der Waals surface area (Å²) >= 11 is 0. The van der Waals surface area contributed by atoms with Gasteiger partial charge in [0.25, 0.3) is 0 Å². The number of carbonyl (C=O) groups is 1. The Morgan fingerprint density at radius 2 is 2.00 bits per heavy atom. The quantitative estimate of drug-likeness (QED) is 0.781. The van der Waals surface area contributed by atoms with Crippen LogP contribution in [0.15, 0.2) is 24.3 Å². The van der Waals surface area contributed by atoms with E-state index in [4.69, 9.17) is 10.5 Å². The van der Waals surface area contributed by atoms with Gasteiger partial charge in [-0.05, 0) is 24.3 Å². The number of rotatable bonds is 6. The number of hydrogen-bond donors (Lipinski definition) is 2. The van der Waals surface area contributed by atoms with E-state index in [0.29, 0.717) is 5.75 Å². The van der Waals surface area contributed by atoms with Crippen LogP contribution in [0, 0.1) is 5.82 Å². The number of carbonyl (C=O) groups excluding carboxylic acids is 1. The highest BCUT2D eigenvalue weighted by Gasteiger charge is 2.16. The van der Waals surface area contributed by atoms with Gasteiger partial charge in [0, 0.05) is 6.04 Å². The lowest BCUT2D eigenvalue weighted by Crippen LogP contribution is -2.48. The predicted molar refractivity (Wildman–Crippen MR) is 63.1 cm³/mol. The molecule has 0 fully saturated rings. The maximum absolute atomic E-state index is 12.6. The number of halogens is 1. The summed E-state index contributed by atoms with van der Waals surface area (Å²) in [5.74, 6) is -0.298. The fraction of sp³-hybridized carbons (Fsp3) is 0.417. The summed E-state index contributed by atoms with van der Waals surface area (Å²) in [5.41, 5.74) is 5.23. The minimum Gasteiger partial charge on any atom is -0.491 e. The molecule has 0 aliphatic heterocycles. The number of primary amides is 1. The topological polar surface area (TPSA) is 64.3 Å². The molecule has 17 heavy (non-hydrogen) atoms. The van der Waals surface area contributed by atoms with E-state index in [1.54, 1.807) is 0 Å². The van der Waals surface area contributed by atoms with Gasteiger partial charge in [-0.15, -0.1) is 0 Å². The SMILES string of the molecule is CC(C)NC(COc1ccc(F)cc1)C(N)=O. The van der Waals surface area contributed by atoms with Crippen molar-refractivity contribution in [2.45, 2.75) is 25.9 Å². The Kier molecular flexibility index (Phi) is 4.90. The average Bonchev–Trinajstić information content (AvgIpc) is 2.25. The first kappa shape index (κ1) is 13.4. The van der Waals surface area contributed by atoms with Crippen molar-refractivity contribution < 1.29 is 13.9 Å². The molecule has 0 spiro atoms. The molecule has 0 aliphatic rings. The summed E-state index contributed by atoms with van der Waals surface area (Å²) < 4.78 is 18.0. The van der Waals surface area contributed by atoms with Gasteiger partial charge in [0.15, 0.2) is 0 Å². The molecule has 0 bridgehead atoms. The summed E-state index contributed by atoms with van der Waals surface area (Å²) in [4.78, 5) is 11.1. The zero-order valence-corrected chi connectivity index (χ0v) is 9.94. The highest BCUT2D eigenvalue weighted by molar-refractivity contribution is 5.80. The first-order chi connectivity index (χ1) is 7.99. The standard InChI is InChI=1S/C12H17FN2O2/c1-8(2)15-11(12(14)16)7-17-10-5-3-9(13)4-6-10/h3-6,8,11,15H,7H2,1-2H3,(H2,14,16). The zero-order valence-electron chi connectivity index (χ0n) is 9.94. The molecule has 0 saturated carbocycles. The molecule has 1 atom stereocenters. The lowest BCUT2D eigenvalue weighted by Gasteiger charge is -2.18. The molecule has 0 heterocycles. The molecule has 0 aliphatic carbocycles. The Labute approximate surface area is 100.0 Å². The van der Waals surface area contributed by atoms with Gasteiger partial charge in [0.05, 0.1) is 0 Å². The third-order valence-electron chi connectivity index (χ3n) is 2.11. The van der Waals surface area contributed by atoms with E-state index >= 15 is 0 Å². The van der Waals surface area contributed by atoms with Crippen LogP contribution in [0.5, 0.6) is 5.75 Å². The van der Waals surface area contributed by atoms with E-state index < -0.39 is 11.9 Å². The number of ether oxygens (including phenoxy) is 1. The van der Waals surface area contributed by atoms with E-state index in [2.05, 4.69) is 5.32 Å². The first-order valence-corrected chi connectivity index (χ1v) is 5.42. The normalized spacial score (nSPS) is 12.5. The number of hydrogen-bond acceptors (Lipinski definition) is 3.